The van der Waals surface area contributed by atoms with Crippen LogP contribution in [0.2, 0.25) is 0 Å². The molecule has 1 aliphatic carbocycles. The molecule has 0 bridgehead atoms. The lowest BCUT2D eigenvalue weighted by Crippen LogP contribution is -2.24. The Bertz CT molecular complexity index is 1430. The molecule has 0 spiro atoms. The van der Waals surface area contributed by atoms with Crippen molar-refractivity contribution in [3.8, 4) is 0 Å². The first-order valence-electron chi connectivity index (χ1n) is 10.4. The summed E-state index contributed by atoms with van der Waals surface area (Å²) in [7, 11) is -7.90. The molecule has 2 aromatic heterocycles. The zero-order chi connectivity index (χ0) is 25.2. The van der Waals surface area contributed by atoms with Crippen LogP contribution in [0.1, 0.15) is 28.1 Å². The van der Waals surface area contributed by atoms with Gasteiger partial charge in [0, 0.05) is 23.5 Å². The lowest BCUT2D eigenvalue weighted by Gasteiger charge is -2.15. The molecule has 0 aliphatic heterocycles. The van der Waals surface area contributed by atoms with Gasteiger partial charge in [0.05, 0.1) is 32.9 Å². The number of nitrogens with one attached hydrogen (secondary N) is 1. The minimum atomic E-state index is -4.12. The average molecular weight is 539 g/mol. The molecule has 4 N–H and O–H groups in total. The Morgan fingerprint density at radius 1 is 1.17 bits per heavy atom. The summed E-state index contributed by atoms with van der Waals surface area (Å²) in [4.78, 5) is 21.6. The fraction of sp³-hybridized carbons (Fsp3) is 0.286. The predicted octanol–water partition coefficient (Wildman–Crippen LogP) is 1.37. The molecule has 1 aliphatic rings. The fourth-order valence-corrected chi connectivity index (χ4v) is 6.71. The minimum Gasteiger partial charge on any atom is -0.393 e. The highest BCUT2D eigenvalue weighted by atomic mass is 32.2. The number of anilines is 1. The van der Waals surface area contributed by atoms with Crippen LogP contribution < -0.4 is 10.5 Å². The molecule has 3 aromatic rings. The number of sulfone groups is 1. The number of thiophene rings is 1. The van der Waals surface area contributed by atoms with Gasteiger partial charge in [-0.3, -0.25) is 8.98 Å². The van der Waals surface area contributed by atoms with Crippen LogP contribution in [0.4, 0.5) is 5.82 Å². The summed E-state index contributed by atoms with van der Waals surface area (Å²) in [5.74, 6) is -0.716. The van der Waals surface area contributed by atoms with E-state index in [2.05, 4.69) is 19.5 Å². The van der Waals surface area contributed by atoms with Crippen LogP contribution in [0.3, 0.4) is 0 Å². The Morgan fingerprint density at radius 3 is 2.63 bits per heavy atom. The Labute approximate surface area is 206 Å². The van der Waals surface area contributed by atoms with Gasteiger partial charge < -0.3 is 10.4 Å². The number of aliphatic hydroxyl groups is 1. The number of benzene rings is 1. The molecule has 3 atom stereocenters. The van der Waals surface area contributed by atoms with E-state index in [1.165, 1.54) is 36.1 Å². The third-order valence-electron chi connectivity index (χ3n) is 5.56. The van der Waals surface area contributed by atoms with E-state index in [1.54, 1.807) is 18.2 Å². The number of hydrogen-bond acceptors (Lipinski definition) is 11. The summed E-state index contributed by atoms with van der Waals surface area (Å²) in [5.41, 5.74) is 0.136. The van der Waals surface area contributed by atoms with Crippen molar-refractivity contribution >= 4 is 43.1 Å². The largest absolute Gasteiger partial charge is 0.393 e. The fourth-order valence-electron chi connectivity index (χ4n) is 3.83. The summed E-state index contributed by atoms with van der Waals surface area (Å²) in [6, 6.07) is 8.93. The lowest BCUT2D eigenvalue weighted by molar-refractivity contribution is 0.101. The summed E-state index contributed by atoms with van der Waals surface area (Å²) in [6.45, 7) is -0.262. The van der Waals surface area contributed by atoms with Gasteiger partial charge in [0.1, 0.15) is 12.1 Å². The SMILES string of the molecule is NS(=O)(=O)OCC1CC(Nc2ncncc2C(=O)c2cc(S(=O)(=O)c3ccccc3)cs2)C[C@@H]1O. The number of ketones is 1. The van der Waals surface area contributed by atoms with Gasteiger partial charge in [-0.15, -0.1) is 11.3 Å². The molecule has 4 rings (SSSR count). The van der Waals surface area contributed by atoms with E-state index in [4.69, 9.17) is 5.14 Å². The van der Waals surface area contributed by atoms with Crippen LogP contribution in [0, 0.1) is 5.92 Å². The molecule has 14 heteroatoms. The Morgan fingerprint density at radius 2 is 1.91 bits per heavy atom. The molecular formula is C21H22N4O7S3. The van der Waals surface area contributed by atoms with E-state index < -0.39 is 37.9 Å². The zero-order valence-corrected chi connectivity index (χ0v) is 20.6. The Hall–Kier alpha value is -2.75. The molecule has 0 saturated heterocycles. The molecule has 35 heavy (non-hydrogen) atoms. The van der Waals surface area contributed by atoms with E-state index in [1.807, 2.05) is 0 Å². The quantitative estimate of drug-likeness (QED) is 0.337. The second-order valence-corrected chi connectivity index (χ2v) is 12.1. The van der Waals surface area contributed by atoms with E-state index in [0.29, 0.717) is 6.42 Å². The van der Waals surface area contributed by atoms with Crippen molar-refractivity contribution < 1.29 is 30.9 Å². The van der Waals surface area contributed by atoms with Crippen molar-refractivity contribution in [2.24, 2.45) is 11.1 Å². The van der Waals surface area contributed by atoms with Crippen molar-refractivity contribution in [2.75, 3.05) is 11.9 Å². The Kier molecular flexibility index (Phi) is 7.30. The number of hydrogen-bond donors (Lipinski definition) is 3. The number of nitrogens with two attached hydrogens (primary N) is 1. The van der Waals surface area contributed by atoms with Gasteiger partial charge in [-0.05, 0) is 31.0 Å². The van der Waals surface area contributed by atoms with Crippen LogP contribution >= 0.6 is 11.3 Å². The van der Waals surface area contributed by atoms with Crippen LogP contribution in [0.5, 0.6) is 0 Å². The molecule has 1 saturated carbocycles. The molecular weight excluding hydrogens is 516 g/mol. The van der Waals surface area contributed by atoms with E-state index in [9.17, 15) is 26.7 Å². The number of carbonyl (C=O) groups excluding carboxylic acids is 1. The van der Waals surface area contributed by atoms with E-state index in [0.717, 1.165) is 11.3 Å². The topological polar surface area (TPSA) is 179 Å². The third-order valence-corrected chi connectivity index (χ3v) is 8.86. The predicted molar refractivity (Wildman–Crippen MR) is 127 cm³/mol. The lowest BCUT2D eigenvalue weighted by atomic mass is 10.1. The van der Waals surface area contributed by atoms with Gasteiger partial charge in [0.15, 0.2) is 0 Å². The van der Waals surface area contributed by atoms with Crippen LogP contribution in [-0.4, -0.2) is 56.4 Å². The molecule has 186 valence electrons. The maximum Gasteiger partial charge on any atom is 0.333 e. The number of aliphatic hydroxyl groups excluding tert-OH is 1. The highest BCUT2D eigenvalue weighted by molar-refractivity contribution is 7.91. The number of carbonyl (C=O) groups is 1. The first-order valence-corrected chi connectivity index (χ1v) is 14.2. The molecule has 0 radical (unpaired) electrons. The molecule has 11 nitrogen and oxygen atoms in total. The smallest absolute Gasteiger partial charge is 0.333 e. The molecule has 2 heterocycles. The van der Waals surface area contributed by atoms with Gasteiger partial charge in [-0.1, -0.05) is 18.2 Å². The van der Waals surface area contributed by atoms with Crippen LogP contribution in [-0.2, 0) is 24.3 Å². The highest BCUT2D eigenvalue weighted by Gasteiger charge is 2.35. The molecule has 0 amide bonds. The van der Waals surface area contributed by atoms with Crippen LogP contribution in [0.25, 0.3) is 0 Å². The second kappa shape index (κ2) is 10.1. The number of nitrogens with zero attached hydrogens (tertiary/aromatic N) is 2. The second-order valence-electron chi connectivity index (χ2n) is 7.99. The monoisotopic (exact) mass is 538 g/mol. The minimum absolute atomic E-state index is 0.0139. The molecule has 2 unspecified atom stereocenters. The summed E-state index contributed by atoms with van der Waals surface area (Å²) < 4.78 is 52.4. The van der Waals surface area contributed by atoms with Gasteiger partial charge >= 0.3 is 10.3 Å². The summed E-state index contributed by atoms with van der Waals surface area (Å²) in [5, 5.41) is 19.6. The van der Waals surface area contributed by atoms with E-state index in [-0.39, 0.29) is 45.1 Å². The third kappa shape index (κ3) is 5.91. The van der Waals surface area contributed by atoms with Crippen molar-refractivity contribution in [3.63, 3.8) is 0 Å². The first-order chi connectivity index (χ1) is 16.5. The number of rotatable bonds is 9. The zero-order valence-electron chi connectivity index (χ0n) is 18.1. The van der Waals surface area contributed by atoms with Gasteiger partial charge in [0.2, 0.25) is 15.6 Å². The van der Waals surface area contributed by atoms with Crippen LogP contribution in [0.15, 0.2) is 64.1 Å². The van der Waals surface area contributed by atoms with Gasteiger partial charge in [-0.25, -0.2) is 23.5 Å². The van der Waals surface area contributed by atoms with Crippen molar-refractivity contribution in [2.45, 2.75) is 34.8 Å². The summed E-state index contributed by atoms with van der Waals surface area (Å²) in [6.07, 6.45) is 2.38. The Balaban J connectivity index is 1.51. The molecule has 1 aromatic carbocycles. The van der Waals surface area contributed by atoms with E-state index >= 15 is 0 Å². The van der Waals surface area contributed by atoms with Gasteiger partial charge in [-0.2, -0.15) is 8.42 Å². The summed E-state index contributed by atoms with van der Waals surface area (Å²) >= 11 is 0.998. The maximum absolute atomic E-state index is 13.2. The van der Waals surface area contributed by atoms with Crippen molar-refractivity contribution in [1.29, 1.82) is 0 Å². The van der Waals surface area contributed by atoms with Crippen molar-refractivity contribution in [1.82, 2.24) is 9.97 Å². The van der Waals surface area contributed by atoms with Gasteiger partial charge in [0.25, 0.3) is 0 Å². The first kappa shape index (κ1) is 25.3. The maximum atomic E-state index is 13.2. The number of aromatic nitrogens is 2. The normalized spacial score (nSPS) is 20.6. The highest BCUT2D eigenvalue weighted by Crippen LogP contribution is 2.31. The average Bonchev–Trinajstić information content (AvgIpc) is 3.45. The standard InChI is InChI=1S/C21H22N4O7S3/c22-35(30,31)32-10-13-6-14(7-18(13)26)25-21-17(9-23-12-24-21)20(27)19-8-16(11-33-19)34(28,29)15-4-2-1-3-5-15/h1-5,8-9,11-14,18,26H,6-7,10H2,(H2,22,30,31)(H,23,24,25)/t13?,14?,18-/m0/s1. The van der Waals surface area contributed by atoms with Crippen molar-refractivity contribution in [3.05, 3.63) is 64.7 Å². The molecule has 1 fully saturated rings.